The molecular formula is C11H9ClIN. The van der Waals surface area contributed by atoms with Gasteiger partial charge >= 0.3 is 0 Å². The van der Waals surface area contributed by atoms with Crippen LogP contribution in [-0.4, -0.2) is 0 Å². The maximum atomic E-state index is 9.01. The van der Waals surface area contributed by atoms with E-state index in [4.69, 9.17) is 16.9 Å². The fourth-order valence-electron chi connectivity index (χ4n) is 1.97. The first-order chi connectivity index (χ1) is 6.74. The molecule has 1 nitrogen and oxygen atoms in total. The van der Waals surface area contributed by atoms with Crippen LogP contribution < -0.4 is 0 Å². The predicted molar refractivity (Wildman–Crippen MR) is 65.5 cm³/mol. The zero-order valence-corrected chi connectivity index (χ0v) is 10.5. The summed E-state index contributed by atoms with van der Waals surface area (Å²) < 4.78 is 1.00. The molecule has 0 atom stereocenters. The van der Waals surface area contributed by atoms with E-state index < -0.39 is 0 Å². The number of benzene rings is 1. The Kier molecular flexibility index (Phi) is 2.99. The van der Waals surface area contributed by atoms with E-state index in [1.807, 2.05) is 6.07 Å². The molecule has 0 fully saturated rings. The Labute approximate surface area is 102 Å². The van der Waals surface area contributed by atoms with E-state index in [1.54, 1.807) is 0 Å². The fourth-order valence-corrected chi connectivity index (χ4v) is 2.87. The van der Waals surface area contributed by atoms with Gasteiger partial charge in [-0.25, -0.2) is 0 Å². The maximum Gasteiger partial charge on any atom is 0.0995 e. The second kappa shape index (κ2) is 4.08. The van der Waals surface area contributed by atoms with Crippen molar-refractivity contribution in [3.8, 4) is 6.07 Å². The summed E-state index contributed by atoms with van der Waals surface area (Å²) in [5.41, 5.74) is 3.21. The van der Waals surface area contributed by atoms with E-state index in [0.29, 0.717) is 0 Å². The monoisotopic (exact) mass is 317 g/mol. The van der Waals surface area contributed by atoms with E-state index >= 15 is 0 Å². The largest absolute Gasteiger partial charge is 0.192 e. The number of nitriles is 1. The highest BCUT2D eigenvalue weighted by atomic mass is 127. The Morgan fingerprint density at radius 3 is 2.57 bits per heavy atom. The number of halogens is 2. The number of hydrogen-bond donors (Lipinski definition) is 0. The molecule has 0 N–H and O–H groups in total. The molecule has 2 rings (SSSR count). The molecule has 3 heteroatoms. The molecular weight excluding hydrogens is 308 g/mol. The molecule has 1 aromatic rings. The van der Waals surface area contributed by atoms with Gasteiger partial charge in [0.2, 0.25) is 0 Å². The number of hydrogen-bond acceptors (Lipinski definition) is 1. The second-order valence-corrected chi connectivity index (χ2v) is 5.04. The molecule has 0 aliphatic heterocycles. The van der Waals surface area contributed by atoms with Gasteiger partial charge in [-0.05, 0) is 65.5 Å². The van der Waals surface area contributed by atoms with E-state index in [2.05, 4.69) is 28.7 Å². The lowest BCUT2D eigenvalue weighted by atomic mass is 9.88. The summed E-state index contributed by atoms with van der Waals surface area (Å²) >= 11 is 8.42. The molecule has 0 aromatic heterocycles. The smallest absolute Gasteiger partial charge is 0.0995 e. The Hall–Kier alpha value is -0.270. The van der Waals surface area contributed by atoms with Gasteiger partial charge in [0.05, 0.1) is 16.7 Å². The Balaban J connectivity index is 2.68. The first-order valence-corrected chi connectivity index (χ1v) is 6.09. The van der Waals surface area contributed by atoms with Crippen LogP contribution >= 0.6 is 34.2 Å². The molecule has 0 bridgehead atoms. The van der Waals surface area contributed by atoms with Crippen LogP contribution in [0.15, 0.2) is 6.07 Å². The molecule has 1 aliphatic rings. The van der Waals surface area contributed by atoms with Crippen molar-refractivity contribution < 1.29 is 0 Å². The van der Waals surface area contributed by atoms with E-state index in [1.165, 1.54) is 24.0 Å². The number of nitrogens with zero attached hydrogens (tertiary/aromatic N) is 1. The summed E-state index contributed by atoms with van der Waals surface area (Å²) in [6, 6.07) is 4.16. The number of rotatable bonds is 0. The minimum atomic E-state index is 0.813. The molecule has 0 radical (unpaired) electrons. The molecule has 1 aromatic carbocycles. The van der Waals surface area contributed by atoms with Crippen molar-refractivity contribution in [2.24, 2.45) is 0 Å². The van der Waals surface area contributed by atoms with Crippen LogP contribution in [0.1, 0.15) is 29.5 Å². The average Bonchev–Trinajstić information content (AvgIpc) is 2.23. The average molecular weight is 318 g/mol. The molecule has 0 heterocycles. The van der Waals surface area contributed by atoms with Gasteiger partial charge in [-0.1, -0.05) is 11.6 Å². The quantitative estimate of drug-likeness (QED) is 0.669. The lowest BCUT2D eigenvalue weighted by Crippen LogP contribution is -2.07. The zero-order valence-electron chi connectivity index (χ0n) is 7.61. The van der Waals surface area contributed by atoms with Crippen molar-refractivity contribution in [2.75, 3.05) is 0 Å². The summed E-state index contributed by atoms with van der Waals surface area (Å²) in [5.74, 6) is 0. The first kappa shape index (κ1) is 10.3. The molecule has 0 spiro atoms. The highest BCUT2D eigenvalue weighted by molar-refractivity contribution is 14.1. The first-order valence-electron chi connectivity index (χ1n) is 4.64. The number of fused-ring (bicyclic) bond motifs is 1. The lowest BCUT2D eigenvalue weighted by molar-refractivity contribution is 0.684. The van der Waals surface area contributed by atoms with Gasteiger partial charge in [-0.3, -0.25) is 0 Å². The summed E-state index contributed by atoms with van der Waals surface area (Å²) in [7, 11) is 0. The fraction of sp³-hybridized carbons (Fsp3) is 0.364. The summed E-state index contributed by atoms with van der Waals surface area (Å²) in [5, 5.41) is 9.87. The Morgan fingerprint density at radius 1 is 1.29 bits per heavy atom. The molecule has 0 saturated heterocycles. The molecule has 72 valence electrons. The third-order valence-electron chi connectivity index (χ3n) is 2.66. The lowest BCUT2D eigenvalue weighted by Gasteiger charge is -2.19. The van der Waals surface area contributed by atoms with Crippen LogP contribution in [0.25, 0.3) is 0 Å². The highest BCUT2D eigenvalue weighted by Gasteiger charge is 2.18. The van der Waals surface area contributed by atoms with Crippen LogP contribution in [-0.2, 0) is 12.8 Å². The molecule has 0 amide bonds. The minimum Gasteiger partial charge on any atom is -0.192 e. The van der Waals surface area contributed by atoms with Crippen LogP contribution in [0.5, 0.6) is 0 Å². The summed E-state index contributed by atoms with van der Waals surface area (Å²) in [4.78, 5) is 0. The van der Waals surface area contributed by atoms with Crippen molar-refractivity contribution in [1.82, 2.24) is 0 Å². The van der Waals surface area contributed by atoms with Gasteiger partial charge in [0.25, 0.3) is 0 Å². The normalized spacial score (nSPS) is 14.6. The zero-order chi connectivity index (χ0) is 10.1. The molecule has 1 aliphatic carbocycles. The van der Waals surface area contributed by atoms with Gasteiger partial charge in [0, 0.05) is 3.57 Å². The molecule has 0 saturated carbocycles. The van der Waals surface area contributed by atoms with Crippen molar-refractivity contribution >= 4 is 34.2 Å². The van der Waals surface area contributed by atoms with Gasteiger partial charge in [0.15, 0.2) is 0 Å². The standard InChI is InChI=1S/C11H9ClIN/c12-11-9-4-2-1-3-8(9)7(6-14)5-10(11)13/h5H,1-4H2. The highest BCUT2D eigenvalue weighted by Crippen LogP contribution is 2.33. The SMILES string of the molecule is N#Cc1cc(I)c(Cl)c2c1CCCC2. The van der Waals surface area contributed by atoms with E-state index in [9.17, 15) is 0 Å². The molecule has 0 unspecified atom stereocenters. The predicted octanol–water partition coefficient (Wildman–Crippen LogP) is 3.70. The maximum absolute atomic E-state index is 9.01. The van der Waals surface area contributed by atoms with Crippen LogP contribution in [0.4, 0.5) is 0 Å². The summed E-state index contributed by atoms with van der Waals surface area (Å²) in [6.07, 6.45) is 4.41. The third kappa shape index (κ3) is 1.64. The van der Waals surface area contributed by atoms with Crippen molar-refractivity contribution in [3.63, 3.8) is 0 Å². The van der Waals surface area contributed by atoms with Crippen LogP contribution in [0, 0.1) is 14.9 Å². The van der Waals surface area contributed by atoms with Gasteiger partial charge in [-0.2, -0.15) is 5.26 Å². The van der Waals surface area contributed by atoms with Gasteiger partial charge in [0.1, 0.15) is 0 Å². The van der Waals surface area contributed by atoms with Crippen molar-refractivity contribution in [1.29, 1.82) is 5.26 Å². The second-order valence-electron chi connectivity index (χ2n) is 3.50. The Morgan fingerprint density at radius 2 is 1.93 bits per heavy atom. The van der Waals surface area contributed by atoms with Gasteiger partial charge < -0.3 is 0 Å². The third-order valence-corrected chi connectivity index (χ3v) is 4.26. The topological polar surface area (TPSA) is 23.8 Å². The van der Waals surface area contributed by atoms with Gasteiger partial charge in [-0.15, -0.1) is 0 Å². The molecule has 14 heavy (non-hydrogen) atoms. The minimum absolute atomic E-state index is 0.813. The van der Waals surface area contributed by atoms with Crippen molar-refractivity contribution in [2.45, 2.75) is 25.7 Å². The van der Waals surface area contributed by atoms with E-state index in [0.717, 1.165) is 27.0 Å². The Bertz CT molecular complexity index is 420. The van der Waals surface area contributed by atoms with Crippen LogP contribution in [0.3, 0.4) is 0 Å². The summed E-state index contributed by atoms with van der Waals surface area (Å²) in [6.45, 7) is 0. The van der Waals surface area contributed by atoms with Crippen LogP contribution in [0.2, 0.25) is 5.02 Å². The van der Waals surface area contributed by atoms with E-state index in [-0.39, 0.29) is 0 Å². The van der Waals surface area contributed by atoms with Crippen molar-refractivity contribution in [3.05, 3.63) is 31.3 Å².